The Bertz CT molecular complexity index is 1400. The molecule has 0 saturated carbocycles. The summed E-state index contributed by atoms with van der Waals surface area (Å²) in [7, 11) is 1.50. The van der Waals surface area contributed by atoms with Gasteiger partial charge in [0.25, 0.3) is 0 Å². The molecule has 0 aromatic heterocycles. The molecule has 12 heteroatoms. The number of halogens is 1. The fraction of sp³-hybridized carbons (Fsp3) is 0.632. The first-order valence-electron chi connectivity index (χ1n) is 17.5. The molecule has 0 radical (unpaired) electrons. The average molecular weight is 761 g/mol. The molecule has 4 rings (SSSR count). The number of alkyl halides is 1. The fourth-order valence-corrected chi connectivity index (χ4v) is 8.87. The molecule has 1 aromatic carbocycles. The molecule has 0 aliphatic carbocycles. The number of fused-ring (bicyclic) bond motifs is 1. The van der Waals surface area contributed by atoms with Crippen molar-refractivity contribution in [1.82, 2.24) is 15.1 Å². The van der Waals surface area contributed by atoms with Gasteiger partial charge in [0, 0.05) is 30.4 Å². The first-order valence-corrected chi connectivity index (χ1v) is 18.4. The lowest BCUT2D eigenvalue weighted by Crippen LogP contribution is -2.62. The van der Waals surface area contributed by atoms with Gasteiger partial charge in [-0.1, -0.05) is 72.3 Å². The number of hydrogen-bond acceptors (Lipinski definition) is 8. The van der Waals surface area contributed by atoms with Crippen molar-refractivity contribution in [3.8, 4) is 0 Å². The maximum absolute atomic E-state index is 14.8. The van der Waals surface area contributed by atoms with E-state index in [4.69, 9.17) is 14.2 Å². The van der Waals surface area contributed by atoms with E-state index in [9.17, 15) is 24.3 Å². The van der Waals surface area contributed by atoms with Gasteiger partial charge in [0.05, 0.1) is 43.2 Å². The van der Waals surface area contributed by atoms with Crippen molar-refractivity contribution in [2.45, 2.75) is 107 Å². The number of aliphatic hydroxyl groups is 1. The zero-order valence-corrected chi connectivity index (χ0v) is 31.8. The van der Waals surface area contributed by atoms with Gasteiger partial charge in [-0.15, -0.1) is 13.2 Å². The van der Waals surface area contributed by atoms with Gasteiger partial charge in [-0.25, -0.2) is 0 Å². The summed E-state index contributed by atoms with van der Waals surface area (Å²) < 4.78 is 18.5. The molecule has 3 heterocycles. The summed E-state index contributed by atoms with van der Waals surface area (Å²) in [5.74, 6) is -3.66. The molecule has 9 atom stereocenters. The monoisotopic (exact) mass is 759 g/mol. The average Bonchev–Trinajstić information content (AvgIpc) is 3.66. The van der Waals surface area contributed by atoms with Crippen molar-refractivity contribution in [2.24, 2.45) is 17.8 Å². The first-order chi connectivity index (χ1) is 23.7. The summed E-state index contributed by atoms with van der Waals surface area (Å²) >= 11 is 3.74. The van der Waals surface area contributed by atoms with Gasteiger partial charge in [0.15, 0.2) is 0 Å². The Morgan fingerprint density at radius 3 is 2.44 bits per heavy atom. The standard InChI is InChI=1S/C38H54BrN3O8/c1-9-11-17-28(44)40-27(22-48-8)31(24-15-13-12-14-16-24)49-36(47)29-30-34(45)42(25(21-43)19-23(3)4)33(38(30)20-26(39)32(29)50-38)35(46)41(18-10-2)37(5,6)7/h9-10,12-16,23,25-27,29-33,43H,1-2,11,17-22H2,3-8H3,(H,40,44)/t25-,26?,27+,29+,30-,31+,32+,33+,38-/m1/s1. The van der Waals surface area contributed by atoms with E-state index in [1.165, 1.54) is 12.0 Å². The topological polar surface area (TPSA) is 135 Å². The van der Waals surface area contributed by atoms with Crippen LogP contribution in [0.25, 0.3) is 0 Å². The van der Waals surface area contributed by atoms with Gasteiger partial charge in [-0.05, 0) is 51.5 Å². The number of esters is 1. The van der Waals surface area contributed by atoms with Gasteiger partial charge in [-0.3, -0.25) is 19.2 Å². The molecule has 2 bridgehead atoms. The van der Waals surface area contributed by atoms with E-state index in [0.29, 0.717) is 24.8 Å². The molecule has 1 unspecified atom stereocenters. The van der Waals surface area contributed by atoms with Crippen LogP contribution < -0.4 is 5.32 Å². The molecule has 3 fully saturated rings. The van der Waals surface area contributed by atoms with E-state index in [-0.39, 0.29) is 48.7 Å². The summed E-state index contributed by atoms with van der Waals surface area (Å²) in [5.41, 5.74) is -1.34. The molecule has 3 aliphatic heterocycles. The number of ether oxygens (including phenoxy) is 3. The summed E-state index contributed by atoms with van der Waals surface area (Å²) in [4.78, 5) is 59.9. The highest BCUT2D eigenvalue weighted by molar-refractivity contribution is 9.09. The number of nitrogens with one attached hydrogen (secondary N) is 1. The van der Waals surface area contributed by atoms with Crippen LogP contribution >= 0.6 is 15.9 Å². The fourth-order valence-electron chi connectivity index (χ4n) is 7.93. The van der Waals surface area contributed by atoms with Gasteiger partial charge in [0.2, 0.25) is 17.7 Å². The maximum atomic E-state index is 14.8. The minimum Gasteiger partial charge on any atom is -0.455 e. The van der Waals surface area contributed by atoms with Crippen LogP contribution in [0.4, 0.5) is 0 Å². The summed E-state index contributed by atoms with van der Waals surface area (Å²) in [6, 6.07) is 6.56. The van der Waals surface area contributed by atoms with Crippen molar-refractivity contribution in [3.63, 3.8) is 0 Å². The largest absolute Gasteiger partial charge is 0.455 e. The maximum Gasteiger partial charge on any atom is 0.313 e. The number of allylic oxidation sites excluding steroid dienone is 1. The van der Waals surface area contributed by atoms with E-state index in [1.54, 1.807) is 29.2 Å². The molecular formula is C38H54BrN3O8. The second kappa shape index (κ2) is 16.5. The second-order valence-corrected chi connectivity index (χ2v) is 16.2. The van der Waals surface area contributed by atoms with E-state index in [1.807, 2.05) is 52.8 Å². The number of carbonyl (C=O) groups excluding carboxylic acids is 4. The Hall–Kier alpha value is -3.06. The van der Waals surface area contributed by atoms with Crippen LogP contribution in [0.1, 0.15) is 72.0 Å². The molecule has 3 aliphatic rings. The van der Waals surface area contributed by atoms with Gasteiger partial charge < -0.3 is 34.4 Å². The highest BCUT2D eigenvalue weighted by Crippen LogP contribution is 2.61. The number of likely N-dealkylation sites (tertiary alicyclic amines) is 1. The number of amides is 3. The zero-order chi connectivity index (χ0) is 37.0. The smallest absolute Gasteiger partial charge is 0.313 e. The molecule has 3 saturated heterocycles. The second-order valence-electron chi connectivity index (χ2n) is 15.0. The molecule has 3 amide bonds. The van der Waals surface area contributed by atoms with Crippen molar-refractivity contribution < 1.29 is 38.5 Å². The van der Waals surface area contributed by atoms with Gasteiger partial charge in [-0.2, -0.15) is 0 Å². The Morgan fingerprint density at radius 2 is 1.88 bits per heavy atom. The molecule has 1 aromatic rings. The minimum atomic E-state index is -1.35. The highest BCUT2D eigenvalue weighted by atomic mass is 79.9. The van der Waals surface area contributed by atoms with Crippen molar-refractivity contribution >= 4 is 39.6 Å². The zero-order valence-electron chi connectivity index (χ0n) is 30.2. The van der Waals surface area contributed by atoms with Crippen molar-refractivity contribution in [3.05, 3.63) is 61.2 Å². The van der Waals surface area contributed by atoms with Crippen LogP contribution in [-0.2, 0) is 33.4 Å². The van der Waals surface area contributed by atoms with Crippen molar-refractivity contribution in [1.29, 1.82) is 0 Å². The Kier molecular flexibility index (Phi) is 13.1. The molecule has 11 nitrogen and oxygen atoms in total. The number of aliphatic hydroxyl groups excluding tert-OH is 1. The summed E-state index contributed by atoms with van der Waals surface area (Å²) in [6.07, 6.45) is 3.02. The van der Waals surface area contributed by atoms with Crippen LogP contribution in [0, 0.1) is 17.8 Å². The predicted octanol–water partition coefficient (Wildman–Crippen LogP) is 4.34. The predicted molar refractivity (Wildman–Crippen MR) is 193 cm³/mol. The number of benzene rings is 1. The third kappa shape index (κ3) is 7.88. The van der Waals surface area contributed by atoms with Gasteiger partial charge in [0.1, 0.15) is 17.7 Å². The van der Waals surface area contributed by atoms with E-state index >= 15 is 0 Å². The van der Waals surface area contributed by atoms with E-state index in [2.05, 4.69) is 34.4 Å². The molecule has 50 heavy (non-hydrogen) atoms. The van der Waals surface area contributed by atoms with Gasteiger partial charge >= 0.3 is 5.97 Å². The van der Waals surface area contributed by atoms with E-state index in [0.717, 1.165) is 0 Å². The third-order valence-corrected chi connectivity index (χ3v) is 10.8. The number of nitrogens with zero attached hydrogens (tertiary/aromatic N) is 2. The lowest BCUT2D eigenvalue weighted by molar-refractivity contribution is -0.163. The lowest BCUT2D eigenvalue weighted by atomic mass is 9.70. The van der Waals surface area contributed by atoms with Crippen molar-refractivity contribution in [2.75, 3.05) is 26.9 Å². The molecule has 2 N–H and O–H groups in total. The molecule has 276 valence electrons. The Balaban J connectivity index is 1.79. The van der Waals surface area contributed by atoms with E-state index < -0.39 is 65.2 Å². The number of hydrogen-bond donors (Lipinski definition) is 2. The van der Waals surface area contributed by atoms with Crippen LogP contribution in [0.3, 0.4) is 0 Å². The molecule has 1 spiro atoms. The molecular weight excluding hydrogens is 706 g/mol. The number of rotatable bonds is 17. The van der Waals surface area contributed by atoms with Crippen LogP contribution in [0.15, 0.2) is 55.6 Å². The van der Waals surface area contributed by atoms with Crippen LogP contribution in [-0.4, -0.2) is 106 Å². The lowest BCUT2D eigenvalue weighted by Gasteiger charge is -2.43. The SMILES string of the molecule is C=CCCC(=O)N[C@@H](COC)[C@@H](OC(=O)[C@@H]1[C@H]2O[C@@]3(CC2Br)[C@H](C(=O)N(CC=C)C(C)(C)C)N([C@@H](CO)CC(C)C)C(=O)[C@@H]13)c1ccccc1. The Morgan fingerprint density at radius 1 is 1.20 bits per heavy atom. The minimum absolute atomic E-state index is 0.0499. The number of methoxy groups -OCH3 is 1. The first kappa shape index (κ1) is 39.7. The normalized spacial score (nSPS) is 27.4. The highest BCUT2D eigenvalue weighted by Gasteiger charge is 2.78. The van der Waals surface area contributed by atoms with Crippen LogP contribution in [0.2, 0.25) is 0 Å². The third-order valence-electron chi connectivity index (χ3n) is 9.97. The summed E-state index contributed by atoms with van der Waals surface area (Å²) in [6.45, 7) is 17.2. The number of carbonyl (C=O) groups is 4. The van der Waals surface area contributed by atoms with Crippen LogP contribution in [0.5, 0.6) is 0 Å². The quantitative estimate of drug-likeness (QED) is 0.136. The Labute approximate surface area is 304 Å². The summed E-state index contributed by atoms with van der Waals surface area (Å²) in [5, 5.41) is 13.6.